The van der Waals surface area contributed by atoms with Gasteiger partial charge in [-0.2, -0.15) is 0 Å². The molecule has 2 heterocycles. The predicted molar refractivity (Wildman–Crippen MR) is 58.8 cm³/mol. The van der Waals surface area contributed by atoms with Crippen LogP contribution in [0.2, 0.25) is 0 Å². The highest BCUT2D eigenvalue weighted by Crippen LogP contribution is 2.14. The Morgan fingerprint density at radius 1 is 1.33 bits per heavy atom. The lowest BCUT2D eigenvalue weighted by atomic mass is 10.4. The molecule has 15 heavy (non-hydrogen) atoms. The first-order valence-electron chi connectivity index (χ1n) is 4.72. The van der Waals surface area contributed by atoms with Gasteiger partial charge in [0.2, 0.25) is 0 Å². The van der Waals surface area contributed by atoms with Gasteiger partial charge < -0.3 is 5.84 Å². The second-order valence-electron chi connectivity index (χ2n) is 3.42. The largest absolute Gasteiger partial charge is 0.336 e. The fraction of sp³-hybridized carbons (Fsp3) is 0.300. The maximum atomic E-state index is 5.88. The summed E-state index contributed by atoms with van der Waals surface area (Å²) in [5.41, 5.74) is 2.30. The highest BCUT2D eigenvalue weighted by atomic mass is 15.4. The zero-order valence-electron chi connectivity index (χ0n) is 8.86. The van der Waals surface area contributed by atoms with E-state index in [2.05, 4.69) is 21.5 Å². The maximum absolute atomic E-state index is 5.88. The number of imidazole rings is 1. The lowest BCUT2D eigenvalue weighted by Gasteiger charge is -1.99. The first kappa shape index (κ1) is 9.64. The molecule has 78 valence electrons. The van der Waals surface area contributed by atoms with Gasteiger partial charge in [-0.25, -0.2) is 19.6 Å². The number of hydrogen-bond donors (Lipinski definition) is 1. The van der Waals surface area contributed by atoms with Gasteiger partial charge in [-0.3, -0.25) is 0 Å². The van der Waals surface area contributed by atoms with Crippen molar-refractivity contribution in [2.24, 2.45) is 0 Å². The van der Waals surface area contributed by atoms with E-state index in [1.165, 1.54) is 4.68 Å². The van der Waals surface area contributed by atoms with E-state index in [9.17, 15) is 0 Å². The van der Waals surface area contributed by atoms with Crippen LogP contribution < -0.4 is 5.84 Å². The zero-order chi connectivity index (χ0) is 11.0. The highest BCUT2D eigenvalue weighted by Gasteiger charge is 2.11. The second kappa shape index (κ2) is 3.34. The van der Waals surface area contributed by atoms with Gasteiger partial charge in [0, 0.05) is 6.42 Å². The Morgan fingerprint density at radius 3 is 2.73 bits per heavy atom. The summed E-state index contributed by atoms with van der Waals surface area (Å²) in [5, 5.41) is 0. The van der Waals surface area contributed by atoms with Gasteiger partial charge in [-0.1, -0.05) is 6.08 Å². The van der Waals surface area contributed by atoms with Crippen molar-refractivity contribution in [2.75, 3.05) is 5.84 Å². The molecule has 0 aliphatic heterocycles. The van der Waals surface area contributed by atoms with Crippen molar-refractivity contribution in [3.63, 3.8) is 0 Å². The molecular formula is C10H13N5. The van der Waals surface area contributed by atoms with Gasteiger partial charge in [0.25, 0.3) is 0 Å². The van der Waals surface area contributed by atoms with E-state index >= 15 is 0 Å². The number of nitrogens with two attached hydrogens (primary N) is 1. The molecule has 0 fully saturated rings. The molecule has 0 unspecified atom stereocenters. The van der Waals surface area contributed by atoms with Crippen LogP contribution in [0.1, 0.15) is 17.3 Å². The normalized spacial score (nSPS) is 10.8. The van der Waals surface area contributed by atoms with Crippen LogP contribution in [-0.2, 0) is 6.42 Å². The van der Waals surface area contributed by atoms with Crippen LogP contribution in [0, 0.1) is 13.8 Å². The van der Waals surface area contributed by atoms with Crippen LogP contribution >= 0.6 is 0 Å². The predicted octanol–water partition coefficient (Wildman–Crippen LogP) is 0.885. The van der Waals surface area contributed by atoms with Crippen molar-refractivity contribution >= 4 is 11.2 Å². The van der Waals surface area contributed by atoms with E-state index in [0.717, 1.165) is 17.0 Å². The number of allylic oxidation sites excluding steroid dienone is 1. The van der Waals surface area contributed by atoms with Gasteiger partial charge >= 0.3 is 0 Å². The van der Waals surface area contributed by atoms with Crippen molar-refractivity contribution < 1.29 is 0 Å². The summed E-state index contributed by atoms with van der Waals surface area (Å²) in [6.07, 6.45) is 2.39. The highest BCUT2D eigenvalue weighted by molar-refractivity contribution is 5.74. The summed E-state index contributed by atoms with van der Waals surface area (Å²) < 4.78 is 1.50. The molecule has 5 nitrogen and oxygen atoms in total. The van der Waals surface area contributed by atoms with Crippen molar-refractivity contribution in [3.05, 3.63) is 30.0 Å². The van der Waals surface area contributed by atoms with Gasteiger partial charge in [-0.05, 0) is 13.8 Å². The number of rotatable bonds is 2. The number of aromatic nitrogens is 4. The second-order valence-corrected chi connectivity index (χ2v) is 3.42. The lowest BCUT2D eigenvalue weighted by molar-refractivity contribution is 0.897. The topological polar surface area (TPSA) is 69.6 Å². The summed E-state index contributed by atoms with van der Waals surface area (Å²) in [6, 6.07) is 0. The fourth-order valence-electron chi connectivity index (χ4n) is 1.57. The van der Waals surface area contributed by atoms with Gasteiger partial charge in [0.1, 0.15) is 17.2 Å². The third-order valence-electron chi connectivity index (χ3n) is 2.23. The number of fused-ring (bicyclic) bond motifs is 1. The molecular weight excluding hydrogens is 190 g/mol. The molecule has 2 aromatic heterocycles. The van der Waals surface area contributed by atoms with Gasteiger partial charge in [0.15, 0.2) is 5.65 Å². The van der Waals surface area contributed by atoms with Crippen LogP contribution in [0.4, 0.5) is 0 Å². The molecule has 2 rings (SSSR count). The monoisotopic (exact) mass is 203 g/mol. The van der Waals surface area contributed by atoms with Crippen LogP contribution in [0.3, 0.4) is 0 Å². The van der Waals surface area contributed by atoms with E-state index in [1.807, 2.05) is 13.8 Å². The quantitative estimate of drug-likeness (QED) is 0.581. The minimum Gasteiger partial charge on any atom is -0.336 e. The molecule has 2 aromatic rings. The summed E-state index contributed by atoms with van der Waals surface area (Å²) in [4.78, 5) is 12.9. The van der Waals surface area contributed by atoms with E-state index in [-0.39, 0.29) is 0 Å². The molecule has 0 amide bonds. The standard InChI is InChI=1S/C10H13N5/c1-4-5-8-14-9-6(2)12-7(3)13-10(9)15(8)11/h4H,1,5,11H2,2-3H3. The first-order chi connectivity index (χ1) is 7.13. The molecule has 0 aliphatic carbocycles. The van der Waals surface area contributed by atoms with Gasteiger partial charge in [0.05, 0.1) is 5.69 Å². The average Bonchev–Trinajstić information content (AvgIpc) is 2.47. The Bertz CT molecular complexity index is 526. The SMILES string of the molecule is C=CCc1nc2c(C)nc(C)nc2n1N. The summed E-state index contributed by atoms with van der Waals surface area (Å²) >= 11 is 0. The minimum absolute atomic E-state index is 0.630. The molecule has 0 atom stereocenters. The molecule has 0 bridgehead atoms. The van der Waals surface area contributed by atoms with Crippen LogP contribution in [0.5, 0.6) is 0 Å². The van der Waals surface area contributed by atoms with Gasteiger partial charge in [-0.15, -0.1) is 6.58 Å². The van der Waals surface area contributed by atoms with Crippen molar-refractivity contribution in [1.82, 2.24) is 19.6 Å². The summed E-state index contributed by atoms with van der Waals surface area (Å²) in [7, 11) is 0. The lowest BCUT2D eigenvalue weighted by Crippen LogP contribution is -2.13. The first-order valence-corrected chi connectivity index (χ1v) is 4.72. The molecule has 5 heteroatoms. The molecule has 0 saturated heterocycles. The summed E-state index contributed by atoms with van der Waals surface area (Å²) in [6.45, 7) is 7.41. The van der Waals surface area contributed by atoms with E-state index < -0.39 is 0 Å². The van der Waals surface area contributed by atoms with Crippen LogP contribution in [0.15, 0.2) is 12.7 Å². The Morgan fingerprint density at radius 2 is 2.07 bits per heavy atom. The van der Waals surface area contributed by atoms with E-state index in [1.54, 1.807) is 6.08 Å². The molecule has 0 aliphatic rings. The van der Waals surface area contributed by atoms with Crippen molar-refractivity contribution in [3.8, 4) is 0 Å². The minimum atomic E-state index is 0.630. The van der Waals surface area contributed by atoms with Crippen LogP contribution in [0.25, 0.3) is 11.2 Å². The molecule has 0 saturated carbocycles. The average molecular weight is 203 g/mol. The summed E-state index contributed by atoms with van der Waals surface area (Å²) in [5.74, 6) is 7.34. The Balaban J connectivity index is 2.75. The van der Waals surface area contributed by atoms with Crippen molar-refractivity contribution in [1.29, 1.82) is 0 Å². The smallest absolute Gasteiger partial charge is 0.182 e. The van der Waals surface area contributed by atoms with E-state index in [0.29, 0.717) is 17.9 Å². The van der Waals surface area contributed by atoms with E-state index in [4.69, 9.17) is 5.84 Å². The Labute approximate surface area is 87.6 Å². The number of nitrogen functional groups attached to an aromatic ring is 1. The van der Waals surface area contributed by atoms with Crippen LogP contribution in [-0.4, -0.2) is 19.6 Å². The Kier molecular flexibility index (Phi) is 2.15. The third kappa shape index (κ3) is 1.45. The maximum Gasteiger partial charge on any atom is 0.182 e. The fourth-order valence-corrected chi connectivity index (χ4v) is 1.57. The molecule has 0 spiro atoms. The molecule has 0 radical (unpaired) electrons. The number of nitrogens with zero attached hydrogens (tertiary/aromatic N) is 4. The zero-order valence-corrected chi connectivity index (χ0v) is 8.86. The van der Waals surface area contributed by atoms with Crippen molar-refractivity contribution in [2.45, 2.75) is 20.3 Å². The molecule has 2 N–H and O–H groups in total. The molecule has 0 aromatic carbocycles. The third-order valence-corrected chi connectivity index (χ3v) is 2.23. The number of aryl methyl sites for hydroxylation is 2. The number of hydrogen-bond acceptors (Lipinski definition) is 4. The Hall–Kier alpha value is -1.91.